The number of carboxylic acids is 2. The third-order valence-electron chi connectivity index (χ3n) is 20.3. The summed E-state index contributed by atoms with van der Waals surface area (Å²) in [6.07, 6.45) is 26.9. The molecule has 0 aliphatic carbocycles. The number of phenolic OH excluding ortho intramolecular Hbond substituents is 1. The molecule has 1 fully saturated rings. The smallest absolute Gasteiger partial charge is 0.327 e. The lowest BCUT2D eigenvalue weighted by Crippen LogP contribution is -2.61. The van der Waals surface area contributed by atoms with Crippen molar-refractivity contribution in [2.75, 3.05) is 42.6 Å². The summed E-state index contributed by atoms with van der Waals surface area (Å²) in [5.41, 5.74) is 28.5. The number of carbonyl (C=O) groups excluding carboxylic acids is 13. The molecular weight excluding hydrogens is 1650 g/mol. The summed E-state index contributed by atoms with van der Waals surface area (Å²) in [7, 11) is 4.12. The molecule has 9 atom stereocenters. The van der Waals surface area contributed by atoms with E-state index >= 15 is 4.79 Å². The molecule has 0 radical (unpaired) electrons. The van der Waals surface area contributed by atoms with Gasteiger partial charge in [-0.3, -0.25) is 67.3 Å². The first-order valence-corrected chi connectivity index (χ1v) is 48.1. The van der Waals surface area contributed by atoms with Gasteiger partial charge >= 0.3 is 11.9 Å². The molecule has 0 saturated carbocycles. The van der Waals surface area contributed by atoms with Gasteiger partial charge in [-0.05, 0) is 68.2 Å². The first-order chi connectivity index (χ1) is 58.5. The molecule has 3 rings (SSSR count). The number of aliphatic imine (C=N–C) groups is 1. The van der Waals surface area contributed by atoms with Gasteiger partial charge in [-0.15, -0.1) is 0 Å². The zero-order chi connectivity index (χ0) is 89.8. The van der Waals surface area contributed by atoms with E-state index < -0.39 is 163 Å². The number of nitrogens with one attached hydrogen (secondary N) is 9. The zero-order valence-electron chi connectivity index (χ0n) is 71.1. The van der Waals surface area contributed by atoms with Gasteiger partial charge in [0.15, 0.2) is 5.96 Å². The largest absolute Gasteiger partial charge is 0.508 e. The first-order valence-electron chi connectivity index (χ1n) is 43.2. The maximum Gasteiger partial charge on any atom is 0.327 e. The van der Waals surface area contributed by atoms with E-state index in [1.165, 1.54) is 131 Å². The standard InChI is InChI=1S/C84H136N16O18S4/c1-3-5-7-9-11-13-15-17-19-21-23-25-30-38-72(105)93-66(82(115)116)55-120-119-49-46-74(107)92-62(51-58-40-42-59(101)43-41-58)77(110)97-63(50-57-34-28-27-29-35-57)78(111)95-61(44-45-69(85)102)76(109)98-64(52-70(86)103)79(112)99-65(54-121-122-56-67(83(117)118)94-73(106)39-31-26-24-22-20-18-16-14-12-10-8-6-4-2)81(114)100-48-33-37-68(100)80(113)96-60(36-32-47-90-84(88)89)75(108)91-53-71(87)104/h27-29,34-35,40-43,60-68,101H,3-26,30-33,36-39,44-56H2,1-2H3,(H2,85,102)(H2,86,103)(H2,87,104)(H,91,108)(H,92,107)(H,93,105)(H,94,106)(H,95,111)(H,96,113)(H,97,110)(H,98,109)(H,99,112)(H,115,116)(H,117,118)(H4,88,89,90)/t60-,61+,62+,63+,64+,65+,66-,67-,68+/m1/s1. The Balaban J connectivity index is 1.87. The number of aromatic hydroxyl groups is 1. The van der Waals surface area contributed by atoms with Crippen LogP contribution in [0.2, 0.25) is 0 Å². The van der Waals surface area contributed by atoms with Crippen molar-refractivity contribution in [2.45, 2.75) is 312 Å². The summed E-state index contributed by atoms with van der Waals surface area (Å²) in [5.74, 6) is -14.7. The Hall–Kier alpha value is -9.04. The number of carboxylic acid groups (broad SMARTS) is 2. The van der Waals surface area contributed by atoms with Crippen LogP contribution < -0.4 is 76.5 Å². The molecule has 13 amide bonds. The molecule has 2 aromatic rings. The average molecular weight is 1790 g/mol. The first kappa shape index (κ1) is 107. The Labute approximate surface area is 733 Å². The van der Waals surface area contributed by atoms with Crippen LogP contribution in [0.1, 0.15) is 256 Å². The third-order valence-corrected chi connectivity index (χ3v) is 25.2. The Morgan fingerprint density at radius 3 is 1.30 bits per heavy atom. The second kappa shape index (κ2) is 64.7. The number of rotatable bonds is 71. The summed E-state index contributed by atoms with van der Waals surface area (Å²) in [6.45, 7) is 3.78. The van der Waals surface area contributed by atoms with Crippen molar-refractivity contribution >= 4 is 138 Å². The Kier molecular flexibility index (Phi) is 56.8. The normalized spacial score (nSPS) is 14.3. The number of nitrogens with zero attached hydrogens (tertiary/aromatic N) is 2. The second-order valence-electron chi connectivity index (χ2n) is 30.8. The van der Waals surface area contributed by atoms with E-state index in [2.05, 4.69) is 66.7 Å². The number of hydrogen-bond donors (Lipinski definition) is 17. The minimum Gasteiger partial charge on any atom is -0.508 e. The number of benzene rings is 2. The van der Waals surface area contributed by atoms with E-state index in [0.29, 0.717) is 24.0 Å². The van der Waals surface area contributed by atoms with Crippen LogP contribution in [0.3, 0.4) is 0 Å². The van der Waals surface area contributed by atoms with E-state index in [1.54, 1.807) is 30.3 Å². The molecule has 684 valence electrons. The molecule has 2 aromatic carbocycles. The highest BCUT2D eigenvalue weighted by atomic mass is 33.1. The SMILES string of the molecule is CCCCCCCCCCCCCCCC(=O)N[C@H](CSSCCC(=O)N[C@@H](Cc1ccc(O)cc1)C(=O)N[C@@H](Cc1ccccc1)C(=O)N[C@@H](CCC(N)=O)C(=O)N[C@@H](CC(N)=O)C(=O)N[C@@H](CSSC[C@@H](NC(=O)CCCCCCCCCCCCCCC)C(=O)O)C(=O)N1CCC[C@H]1C(=O)N[C@H](CCCN=C(N)N)C(=O)NCC(N)=O)C(=O)O. The topological polar surface area (TPSA) is 571 Å². The molecule has 0 bridgehead atoms. The fraction of sp³-hybridized carbons (Fsp3) is 0.667. The van der Waals surface area contributed by atoms with E-state index in [9.17, 15) is 82.4 Å². The predicted octanol–water partition coefficient (Wildman–Crippen LogP) is 6.13. The van der Waals surface area contributed by atoms with Crippen molar-refractivity contribution in [3.05, 3.63) is 65.7 Å². The Morgan fingerprint density at radius 2 is 0.828 bits per heavy atom. The quantitative estimate of drug-likeness (QED) is 0.0153. The lowest BCUT2D eigenvalue weighted by atomic mass is 10.0. The van der Waals surface area contributed by atoms with E-state index in [1.807, 2.05) is 0 Å². The highest BCUT2D eigenvalue weighted by molar-refractivity contribution is 8.77. The van der Waals surface area contributed by atoms with E-state index in [-0.39, 0.29) is 112 Å². The van der Waals surface area contributed by atoms with Crippen LogP contribution >= 0.6 is 43.2 Å². The Bertz CT molecular complexity index is 3570. The number of carbonyl (C=O) groups is 15. The van der Waals surface area contributed by atoms with Crippen molar-refractivity contribution in [1.29, 1.82) is 0 Å². The van der Waals surface area contributed by atoms with Crippen molar-refractivity contribution in [3.8, 4) is 5.75 Å². The van der Waals surface area contributed by atoms with Crippen LogP contribution in [0.25, 0.3) is 0 Å². The number of amides is 13. The molecule has 34 nitrogen and oxygen atoms in total. The fourth-order valence-corrected chi connectivity index (χ4v) is 18.0. The van der Waals surface area contributed by atoms with Gasteiger partial charge in [0.2, 0.25) is 76.8 Å². The van der Waals surface area contributed by atoms with Crippen LogP contribution in [-0.2, 0) is 84.8 Å². The minimum atomic E-state index is -1.96. The van der Waals surface area contributed by atoms with Gasteiger partial charge in [0.05, 0.1) is 13.0 Å². The molecule has 122 heavy (non-hydrogen) atoms. The number of nitrogens with two attached hydrogens (primary N) is 5. The number of aliphatic carboxylic acids is 2. The number of primary amides is 3. The second-order valence-corrected chi connectivity index (χ2v) is 36.0. The molecule has 1 aliphatic rings. The van der Waals surface area contributed by atoms with Crippen LogP contribution in [0, 0.1) is 0 Å². The fourth-order valence-electron chi connectivity index (χ4n) is 13.5. The lowest BCUT2D eigenvalue weighted by Gasteiger charge is -2.31. The van der Waals surface area contributed by atoms with Crippen molar-refractivity contribution in [1.82, 2.24) is 52.8 Å². The van der Waals surface area contributed by atoms with Gasteiger partial charge in [0.25, 0.3) is 0 Å². The van der Waals surface area contributed by atoms with Crippen molar-refractivity contribution in [2.24, 2.45) is 33.7 Å². The number of hydrogen-bond acceptors (Lipinski definition) is 21. The molecule has 1 saturated heterocycles. The molecule has 0 aromatic heterocycles. The molecule has 38 heteroatoms. The number of phenols is 1. The summed E-state index contributed by atoms with van der Waals surface area (Å²) in [6, 6.07) is 0.482. The summed E-state index contributed by atoms with van der Waals surface area (Å²) >= 11 is 0. The van der Waals surface area contributed by atoms with Gasteiger partial charge in [-0.2, -0.15) is 0 Å². The molecule has 0 unspecified atom stereocenters. The molecule has 0 spiro atoms. The summed E-state index contributed by atoms with van der Waals surface area (Å²) < 4.78 is 0. The molecule has 22 N–H and O–H groups in total. The van der Waals surface area contributed by atoms with Gasteiger partial charge < -0.3 is 96.7 Å². The van der Waals surface area contributed by atoms with E-state index in [0.717, 1.165) is 95.1 Å². The van der Waals surface area contributed by atoms with Crippen LogP contribution in [-0.4, -0.2) is 212 Å². The minimum absolute atomic E-state index is 0.0176. The van der Waals surface area contributed by atoms with Gasteiger partial charge in [0, 0.05) is 74.6 Å². The van der Waals surface area contributed by atoms with Crippen LogP contribution in [0.4, 0.5) is 0 Å². The maximum absolute atomic E-state index is 15.1. The Morgan fingerprint density at radius 1 is 0.418 bits per heavy atom. The number of guanidine groups is 1. The lowest BCUT2D eigenvalue weighted by molar-refractivity contribution is -0.142. The van der Waals surface area contributed by atoms with Crippen LogP contribution in [0.15, 0.2) is 59.6 Å². The van der Waals surface area contributed by atoms with Gasteiger partial charge in [-0.1, -0.05) is 254 Å². The monoisotopic (exact) mass is 1780 g/mol. The number of likely N-dealkylation sites (tertiary alicyclic amines) is 1. The van der Waals surface area contributed by atoms with Gasteiger partial charge in [-0.25, -0.2) is 9.59 Å². The van der Waals surface area contributed by atoms with E-state index in [4.69, 9.17) is 28.7 Å². The highest BCUT2D eigenvalue weighted by Crippen LogP contribution is 2.28. The molecule has 1 aliphatic heterocycles. The predicted molar refractivity (Wildman–Crippen MR) is 477 cm³/mol. The molecular formula is C84H136N16O18S4. The van der Waals surface area contributed by atoms with Crippen LogP contribution in [0.5, 0.6) is 5.75 Å². The maximum atomic E-state index is 15.1. The number of unbranched alkanes of at least 4 members (excludes halogenated alkanes) is 24. The summed E-state index contributed by atoms with van der Waals surface area (Å²) in [4.78, 5) is 209. The summed E-state index contributed by atoms with van der Waals surface area (Å²) in [5, 5.41) is 53.4. The average Bonchev–Trinajstić information content (AvgIpc) is 1.68. The van der Waals surface area contributed by atoms with Crippen molar-refractivity contribution < 1.29 is 87.2 Å². The van der Waals surface area contributed by atoms with Gasteiger partial charge in [0.1, 0.15) is 60.1 Å². The zero-order valence-corrected chi connectivity index (χ0v) is 74.4. The van der Waals surface area contributed by atoms with Crippen molar-refractivity contribution in [3.63, 3.8) is 0 Å². The third kappa shape index (κ3) is 49.3. The molecule has 1 heterocycles. The highest BCUT2D eigenvalue weighted by Gasteiger charge is 2.41.